The molecule has 2 rings (SSSR count). The lowest BCUT2D eigenvalue weighted by atomic mass is 10.1. The highest BCUT2D eigenvalue weighted by Crippen LogP contribution is 2.21. The first-order valence-corrected chi connectivity index (χ1v) is 7.60. The number of hydrogen-bond acceptors (Lipinski definition) is 2. The lowest BCUT2D eigenvalue weighted by molar-refractivity contribution is 0.412. The molecule has 2 aromatic carbocycles. The third-order valence-corrected chi connectivity index (χ3v) is 3.76. The highest BCUT2D eigenvalue weighted by Gasteiger charge is 2.06. The van der Waals surface area contributed by atoms with Crippen molar-refractivity contribution >= 4 is 11.6 Å². The lowest BCUT2D eigenvalue weighted by Crippen LogP contribution is -2.18. The van der Waals surface area contributed by atoms with E-state index < -0.39 is 0 Å². The molecule has 0 fully saturated rings. The highest BCUT2D eigenvalue weighted by molar-refractivity contribution is 6.30. The van der Waals surface area contributed by atoms with Gasteiger partial charge in [0.25, 0.3) is 0 Å². The molecule has 0 unspecified atom stereocenters. The number of benzene rings is 2. The van der Waals surface area contributed by atoms with Crippen LogP contribution in [0.2, 0.25) is 5.02 Å². The van der Waals surface area contributed by atoms with Crippen molar-refractivity contribution < 1.29 is 4.74 Å². The first-order chi connectivity index (χ1) is 10.6. The monoisotopic (exact) mass is 313 g/mol. The Morgan fingerprint density at radius 2 is 1.91 bits per heavy atom. The topological polar surface area (TPSA) is 21.3 Å². The zero-order chi connectivity index (χ0) is 15.9. The first kappa shape index (κ1) is 16.4. The average molecular weight is 314 g/mol. The Bertz CT molecular complexity index is 683. The van der Waals surface area contributed by atoms with Crippen LogP contribution in [-0.4, -0.2) is 7.11 Å². The van der Waals surface area contributed by atoms with Crippen LogP contribution >= 0.6 is 11.6 Å². The molecule has 1 atom stereocenters. The molecule has 2 nitrogen and oxygen atoms in total. The summed E-state index contributed by atoms with van der Waals surface area (Å²) < 4.78 is 5.40. The third kappa shape index (κ3) is 4.27. The molecule has 2 aromatic rings. The second-order valence-electron chi connectivity index (χ2n) is 5.06. The molecule has 0 spiro atoms. The maximum Gasteiger partial charge on any atom is 0.134 e. The fourth-order valence-electron chi connectivity index (χ4n) is 2.22. The minimum atomic E-state index is 0.248. The maximum atomic E-state index is 5.92. The Morgan fingerprint density at radius 3 is 2.55 bits per heavy atom. The molecule has 114 valence electrons. The van der Waals surface area contributed by atoms with Crippen molar-refractivity contribution in [2.24, 2.45) is 0 Å². The summed E-state index contributed by atoms with van der Waals surface area (Å²) in [5, 5.41) is 4.26. The van der Waals surface area contributed by atoms with Crippen molar-refractivity contribution in [3.8, 4) is 17.6 Å². The van der Waals surface area contributed by atoms with Crippen LogP contribution in [-0.2, 0) is 6.54 Å². The van der Waals surface area contributed by atoms with Crippen LogP contribution < -0.4 is 10.1 Å². The van der Waals surface area contributed by atoms with Gasteiger partial charge in [-0.2, -0.15) is 0 Å². The van der Waals surface area contributed by atoms with Gasteiger partial charge >= 0.3 is 0 Å². The number of ether oxygens (including phenoxy) is 1. The van der Waals surface area contributed by atoms with Gasteiger partial charge in [0.1, 0.15) is 5.75 Å². The van der Waals surface area contributed by atoms with E-state index >= 15 is 0 Å². The third-order valence-electron chi connectivity index (χ3n) is 3.51. The fraction of sp³-hybridized carbons (Fsp3) is 0.263. The van der Waals surface area contributed by atoms with Crippen molar-refractivity contribution in [3.05, 3.63) is 64.2 Å². The summed E-state index contributed by atoms with van der Waals surface area (Å²) in [5.41, 5.74) is 3.30. The Morgan fingerprint density at radius 1 is 1.18 bits per heavy atom. The smallest absolute Gasteiger partial charge is 0.134 e. The molecule has 0 amide bonds. The van der Waals surface area contributed by atoms with Gasteiger partial charge in [0.15, 0.2) is 0 Å². The quantitative estimate of drug-likeness (QED) is 0.816. The van der Waals surface area contributed by atoms with E-state index in [2.05, 4.69) is 30.1 Å². The van der Waals surface area contributed by atoms with Crippen molar-refractivity contribution in [1.29, 1.82) is 0 Å². The summed E-state index contributed by atoms with van der Waals surface area (Å²) in [6, 6.07) is 14.3. The summed E-state index contributed by atoms with van der Waals surface area (Å²) in [6.07, 6.45) is 0. The van der Waals surface area contributed by atoms with E-state index in [0.29, 0.717) is 0 Å². The van der Waals surface area contributed by atoms with Gasteiger partial charge in [0, 0.05) is 17.6 Å². The van der Waals surface area contributed by atoms with Crippen LogP contribution in [0.25, 0.3) is 0 Å². The largest absolute Gasteiger partial charge is 0.495 e. The minimum absolute atomic E-state index is 0.248. The summed E-state index contributed by atoms with van der Waals surface area (Å²) in [6.45, 7) is 4.72. The summed E-state index contributed by atoms with van der Waals surface area (Å²) in [7, 11) is 1.67. The van der Waals surface area contributed by atoms with E-state index in [-0.39, 0.29) is 6.04 Å². The zero-order valence-corrected chi connectivity index (χ0v) is 13.9. The van der Waals surface area contributed by atoms with Crippen LogP contribution in [0.4, 0.5) is 0 Å². The van der Waals surface area contributed by atoms with E-state index in [9.17, 15) is 0 Å². The number of rotatable bonds is 5. The van der Waals surface area contributed by atoms with Crippen LogP contribution in [0, 0.1) is 11.8 Å². The standard InChI is InChI=1S/C19H20ClNO/c1-4-5-17-7-6-15(12-19(17)22-3)13-21-14(2)16-8-10-18(20)11-9-16/h6-12,14,21H,13H2,1-3H3/t14-/m0/s1. The molecule has 1 N–H and O–H groups in total. The van der Waals surface area contributed by atoms with E-state index in [1.807, 2.05) is 43.3 Å². The molecule has 3 heteroatoms. The SMILES string of the molecule is CC#Cc1ccc(CN[C@@H](C)c2ccc(Cl)cc2)cc1OC. The number of hydrogen-bond donors (Lipinski definition) is 1. The Balaban J connectivity index is 2.04. The van der Waals surface area contributed by atoms with E-state index in [0.717, 1.165) is 22.9 Å². The second-order valence-corrected chi connectivity index (χ2v) is 5.50. The average Bonchev–Trinajstić information content (AvgIpc) is 2.54. The normalized spacial score (nSPS) is 11.5. The van der Waals surface area contributed by atoms with Gasteiger partial charge in [-0.1, -0.05) is 35.7 Å². The van der Waals surface area contributed by atoms with Gasteiger partial charge in [-0.25, -0.2) is 0 Å². The second kappa shape index (κ2) is 7.89. The van der Waals surface area contributed by atoms with Crippen LogP contribution in [0.3, 0.4) is 0 Å². The molecule has 0 saturated heterocycles. The Labute approximate surface area is 137 Å². The van der Waals surface area contributed by atoms with E-state index in [4.69, 9.17) is 16.3 Å². The van der Waals surface area contributed by atoms with Crippen molar-refractivity contribution in [2.45, 2.75) is 26.4 Å². The molecular formula is C19H20ClNO. The van der Waals surface area contributed by atoms with Gasteiger partial charge in [-0.05, 0) is 49.2 Å². The number of halogens is 1. The zero-order valence-electron chi connectivity index (χ0n) is 13.1. The molecule has 0 aliphatic carbocycles. The van der Waals surface area contributed by atoms with E-state index in [1.165, 1.54) is 11.1 Å². The van der Waals surface area contributed by atoms with Crippen LogP contribution in [0.15, 0.2) is 42.5 Å². The van der Waals surface area contributed by atoms with Crippen LogP contribution in [0.1, 0.15) is 36.6 Å². The molecule has 0 bridgehead atoms. The Kier molecular flexibility index (Phi) is 5.89. The van der Waals surface area contributed by atoms with Crippen LogP contribution in [0.5, 0.6) is 5.75 Å². The number of nitrogens with one attached hydrogen (secondary N) is 1. The molecule has 0 aliphatic rings. The summed E-state index contributed by atoms with van der Waals surface area (Å²) in [4.78, 5) is 0. The van der Waals surface area contributed by atoms with Crippen molar-refractivity contribution in [3.63, 3.8) is 0 Å². The molecular weight excluding hydrogens is 294 g/mol. The molecule has 0 radical (unpaired) electrons. The molecule has 0 heterocycles. The molecule has 0 aliphatic heterocycles. The van der Waals surface area contributed by atoms with Gasteiger partial charge in [0.2, 0.25) is 0 Å². The summed E-state index contributed by atoms with van der Waals surface area (Å²) >= 11 is 5.92. The predicted octanol–water partition coefficient (Wildman–Crippen LogP) is 4.57. The number of methoxy groups -OCH3 is 1. The molecule has 0 saturated carbocycles. The maximum absolute atomic E-state index is 5.92. The molecule has 0 aromatic heterocycles. The predicted molar refractivity (Wildman–Crippen MR) is 92.3 cm³/mol. The van der Waals surface area contributed by atoms with Gasteiger partial charge < -0.3 is 10.1 Å². The Hall–Kier alpha value is -1.95. The lowest BCUT2D eigenvalue weighted by Gasteiger charge is -2.15. The van der Waals surface area contributed by atoms with Gasteiger partial charge in [-0.3, -0.25) is 0 Å². The summed E-state index contributed by atoms with van der Waals surface area (Å²) in [5.74, 6) is 6.75. The molecule has 22 heavy (non-hydrogen) atoms. The first-order valence-electron chi connectivity index (χ1n) is 7.22. The van der Waals surface area contributed by atoms with E-state index in [1.54, 1.807) is 7.11 Å². The van der Waals surface area contributed by atoms with Gasteiger partial charge in [0.05, 0.1) is 12.7 Å². The highest BCUT2D eigenvalue weighted by atomic mass is 35.5. The van der Waals surface area contributed by atoms with Crippen molar-refractivity contribution in [1.82, 2.24) is 5.32 Å². The van der Waals surface area contributed by atoms with Crippen molar-refractivity contribution in [2.75, 3.05) is 7.11 Å². The minimum Gasteiger partial charge on any atom is -0.495 e. The fourth-order valence-corrected chi connectivity index (χ4v) is 2.35. The van der Waals surface area contributed by atoms with Gasteiger partial charge in [-0.15, -0.1) is 5.92 Å².